The number of nitrogens with one attached hydrogen (secondary N) is 2. The molecule has 3 heterocycles. The molecule has 0 radical (unpaired) electrons. The van der Waals surface area contributed by atoms with E-state index in [1.165, 1.54) is 0 Å². The maximum atomic E-state index is 13.6. The van der Waals surface area contributed by atoms with E-state index in [9.17, 15) is 9.59 Å². The quantitative estimate of drug-likeness (QED) is 0.641. The van der Waals surface area contributed by atoms with Crippen LogP contribution in [-0.2, 0) is 10.2 Å². The van der Waals surface area contributed by atoms with Gasteiger partial charge in [-0.15, -0.1) is 0 Å². The van der Waals surface area contributed by atoms with Crippen LogP contribution < -0.4 is 10.1 Å². The van der Waals surface area contributed by atoms with Crippen molar-refractivity contribution in [3.63, 3.8) is 0 Å². The summed E-state index contributed by atoms with van der Waals surface area (Å²) in [7, 11) is 1.61. The molecule has 1 spiro atoms. The van der Waals surface area contributed by atoms with E-state index in [1.54, 1.807) is 13.2 Å². The Balaban J connectivity index is 1.49. The minimum absolute atomic E-state index is 0.00762. The molecule has 2 aliphatic rings. The van der Waals surface area contributed by atoms with Crippen LogP contribution in [0.5, 0.6) is 5.75 Å². The Hall–Kier alpha value is -3.61. The molecule has 164 valence electrons. The van der Waals surface area contributed by atoms with Gasteiger partial charge in [0.1, 0.15) is 11.4 Å². The molecule has 2 N–H and O–H groups in total. The first-order valence-electron chi connectivity index (χ1n) is 11.0. The van der Waals surface area contributed by atoms with Gasteiger partial charge in [-0.3, -0.25) is 14.7 Å². The van der Waals surface area contributed by atoms with Crippen molar-refractivity contribution in [2.24, 2.45) is 0 Å². The number of likely N-dealkylation sites (tertiary alicyclic amines) is 1. The summed E-state index contributed by atoms with van der Waals surface area (Å²) in [6.07, 6.45) is 2.24. The zero-order valence-electron chi connectivity index (χ0n) is 18.2. The van der Waals surface area contributed by atoms with Crippen LogP contribution >= 0.6 is 0 Å². The maximum Gasteiger partial charge on any atom is 0.272 e. The summed E-state index contributed by atoms with van der Waals surface area (Å²) in [5.74, 6) is 0.555. The van der Waals surface area contributed by atoms with E-state index in [0.29, 0.717) is 30.1 Å². The summed E-state index contributed by atoms with van der Waals surface area (Å²) in [6.45, 7) is 2.61. The van der Waals surface area contributed by atoms with E-state index in [0.717, 1.165) is 29.7 Å². The molecule has 3 aromatic rings. The van der Waals surface area contributed by atoms with Crippen molar-refractivity contribution in [2.45, 2.75) is 37.6 Å². The number of fused-ring (bicyclic) bond motifs is 2. The van der Waals surface area contributed by atoms with Crippen molar-refractivity contribution in [3.8, 4) is 17.0 Å². The van der Waals surface area contributed by atoms with Crippen LogP contribution in [0.4, 0.5) is 5.69 Å². The van der Waals surface area contributed by atoms with Gasteiger partial charge in [-0.1, -0.05) is 43.7 Å². The summed E-state index contributed by atoms with van der Waals surface area (Å²) < 4.78 is 5.43. The summed E-state index contributed by atoms with van der Waals surface area (Å²) in [4.78, 5) is 28.7. The number of carbonyl (C=O) groups excluding carboxylic acids is 2. The molecule has 0 unspecified atom stereocenters. The molecule has 0 aliphatic carbocycles. The Morgan fingerprint density at radius 1 is 1.22 bits per heavy atom. The van der Waals surface area contributed by atoms with Gasteiger partial charge in [0.25, 0.3) is 5.91 Å². The second-order valence-corrected chi connectivity index (χ2v) is 8.39. The molecule has 5 rings (SSSR count). The summed E-state index contributed by atoms with van der Waals surface area (Å²) in [5.41, 5.74) is 3.03. The first kappa shape index (κ1) is 20.3. The summed E-state index contributed by atoms with van der Waals surface area (Å²) in [6, 6.07) is 17.0. The van der Waals surface area contributed by atoms with Crippen molar-refractivity contribution >= 4 is 17.5 Å². The average Bonchev–Trinajstić information content (AvgIpc) is 3.52. The van der Waals surface area contributed by atoms with Crippen LogP contribution in [0.1, 0.15) is 42.2 Å². The Morgan fingerprint density at radius 2 is 2.00 bits per heavy atom. The number of H-pyrrole nitrogens is 1. The van der Waals surface area contributed by atoms with E-state index < -0.39 is 5.41 Å². The summed E-state index contributed by atoms with van der Waals surface area (Å²) in [5, 5.41) is 10.3. The van der Waals surface area contributed by atoms with Crippen molar-refractivity contribution in [2.75, 3.05) is 19.0 Å². The first-order valence-corrected chi connectivity index (χ1v) is 11.0. The number of nitrogens with zero attached hydrogens (tertiary/aromatic N) is 2. The highest BCUT2D eigenvalue weighted by atomic mass is 16.5. The number of amides is 2. The molecule has 7 heteroatoms. The number of ether oxygens (including phenoxy) is 1. The lowest BCUT2D eigenvalue weighted by Crippen LogP contribution is -2.48. The van der Waals surface area contributed by atoms with Crippen LogP contribution in [0.15, 0.2) is 54.6 Å². The third kappa shape index (κ3) is 2.92. The number of rotatable bonds is 5. The van der Waals surface area contributed by atoms with Gasteiger partial charge in [0.05, 0.1) is 24.3 Å². The number of hydrogen-bond donors (Lipinski definition) is 2. The number of anilines is 1. The second-order valence-electron chi connectivity index (χ2n) is 8.39. The molecule has 2 atom stereocenters. The van der Waals surface area contributed by atoms with Gasteiger partial charge in [-0.05, 0) is 42.7 Å². The molecule has 1 saturated heterocycles. The number of carbonyl (C=O) groups is 2. The second kappa shape index (κ2) is 7.82. The van der Waals surface area contributed by atoms with Gasteiger partial charge in [-0.2, -0.15) is 5.10 Å². The van der Waals surface area contributed by atoms with Crippen molar-refractivity contribution in [1.29, 1.82) is 0 Å². The topological polar surface area (TPSA) is 87.3 Å². The lowest BCUT2D eigenvalue weighted by molar-refractivity contribution is -0.121. The Kier molecular flexibility index (Phi) is 4.96. The molecule has 1 aromatic heterocycles. The fourth-order valence-electron chi connectivity index (χ4n) is 5.30. The number of para-hydroxylation sites is 2. The predicted octanol–water partition coefficient (Wildman–Crippen LogP) is 3.99. The highest BCUT2D eigenvalue weighted by Crippen LogP contribution is 2.49. The van der Waals surface area contributed by atoms with E-state index in [2.05, 4.69) is 22.4 Å². The molecule has 32 heavy (non-hydrogen) atoms. The van der Waals surface area contributed by atoms with E-state index in [4.69, 9.17) is 4.74 Å². The van der Waals surface area contributed by atoms with Crippen LogP contribution in [0.3, 0.4) is 0 Å². The van der Waals surface area contributed by atoms with Gasteiger partial charge in [0.2, 0.25) is 5.91 Å². The van der Waals surface area contributed by atoms with Gasteiger partial charge in [0.15, 0.2) is 0 Å². The summed E-state index contributed by atoms with van der Waals surface area (Å²) >= 11 is 0. The SMILES string of the molecule is CCC[C@@H]1N(C(=O)c2cc(-c3ccccc3OC)n[nH]2)CC[C@]12C(=O)Nc1ccccc12. The fourth-order valence-corrected chi connectivity index (χ4v) is 5.30. The van der Waals surface area contributed by atoms with Crippen molar-refractivity contribution < 1.29 is 14.3 Å². The highest BCUT2D eigenvalue weighted by Gasteiger charge is 2.58. The smallest absolute Gasteiger partial charge is 0.272 e. The van der Waals surface area contributed by atoms with Gasteiger partial charge < -0.3 is 15.0 Å². The molecule has 0 saturated carbocycles. The standard InChI is InChI=1S/C25H26N4O3/c1-3-8-22-25(17-10-5-6-11-18(17)26-24(25)31)13-14-29(22)23(30)20-15-19(27-28-20)16-9-4-7-12-21(16)32-2/h4-7,9-12,15,22H,3,8,13-14H2,1-2H3,(H,26,31)(H,27,28)/t22-,25+/m0/s1. The Bertz CT molecular complexity index is 1190. The molecule has 0 bridgehead atoms. The molecule has 1 fully saturated rings. The van der Waals surface area contributed by atoms with Gasteiger partial charge >= 0.3 is 0 Å². The zero-order chi connectivity index (χ0) is 22.3. The largest absolute Gasteiger partial charge is 0.496 e. The van der Waals surface area contributed by atoms with Crippen LogP contribution in [0.2, 0.25) is 0 Å². The van der Waals surface area contributed by atoms with Crippen LogP contribution in [-0.4, -0.2) is 46.6 Å². The Labute approximate surface area is 186 Å². The molecule has 2 amide bonds. The average molecular weight is 431 g/mol. The molecular formula is C25H26N4O3. The van der Waals surface area contributed by atoms with E-state index in [-0.39, 0.29) is 17.9 Å². The van der Waals surface area contributed by atoms with Gasteiger partial charge in [0, 0.05) is 17.8 Å². The molecule has 2 aliphatic heterocycles. The minimum atomic E-state index is -0.701. The number of aromatic amines is 1. The minimum Gasteiger partial charge on any atom is -0.496 e. The normalized spacial score (nSPS) is 21.6. The molecule has 7 nitrogen and oxygen atoms in total. The lowest BCUT2D eigenvalue weighted by Gasteiger charge is -2.33. The highest BCUT2D eigenvalue weighted by molar-refractivity contribution is 6.08. The van der Waals surface area contributed by atoms with Crippen molar-refractivity contribution in [3.05, 3.63) is 65.9 Å². The monoisotopic (exact) mass is 430 g/mol. The first-order chi connectivity index (χ1) is 15.6. The van der Waals surface area contributed by atoms with Crippen LogP contribution in [0.25, 0.3) is 11.3 Å². The number of benzene rings is 2. The van der Waals surface area contributed by atoms with Gasteiger partial charge in [-0.25, -0.2) is 0 Å². The van der Waals surface area contributed by atoms with Crippen molar-refractivity contribution in [1.82, 2.24) is 15.1 Å². The number of hydrogen-bond acceptors (Lipinski definition) is 4. The number of aromatic nitrogens is 2. The van der Waals surface area contributed by atoms with E-state index in [1.807, 2.05) is 53.4 Å². The van der Waals surface area contributed by atoms with E-state index >= 15 is 0 Å². The molecule has 2 aromatic carbocycles. The fraction of sp³-hybridized carbons (Fsp3) is 0.320. The number of methoxy groups -OCH3 is 1. The molecular weight excluding hydrogens is 404 g/mol. The lowest BCUT2D eigenvalue weighted by atomic mass is 9.73. The van der Waals surface area contributed by atoms with Crippen LogP contribution in [0, 0.1) is 0 Å². The maximum absolute atomic E-state index is 13.6. The third-order valence-corrected chi connectivity index (χ3v) is 6.77. The zero-order valence-corrected chi connectivity index (χ0v) is 18.2. The Morgan fingerprint density at radius 3 is 2.81 bits per heavy atom. The third-order valence-electron chi connectivity index (χ3n) is 6.77. The predicted molar refractivity (Wildman–Crippen MR) is 122 cm³/mol.